The van der Waals surface area contributed by atoms with Gasteiger partial charge in [0.2, 0.25) is 0 Å². The first-order valence-corrected chi connectivity index (χ1v) is 8.69. The summed E-state index contributed by atoms with van der Waals surface area (Å²) in [6.45, 7) is 0. The number of carbonyl (C=O) groups excluding carboxylic acids is 2. The van der Waals surface area contributed by atoms with Crippen molar-refractivity contribution in [1.29, 1.82) is 0 Å². The fourth-order valence-corrected chi connectivity index (χ4v) is 2.89. The Morgan fingerprint density at radius 2 is 1.64 bits per heavy atom. The number of esters is 1. The summed E-state index contributed by atoms with van der Waals surface area (Å²) < 4.78 is 4.71. The lowest BCUT2D eigenvalue weighted by atomic mass is 10.1. The van der Waals surface area contributed by atoms with E-state index in [0.29, 0.717) is 17.0 Å². The van der Waals surface area contributed by atoms with Crippen LogP contribution in [0.2, 0.25) is 0 Å². The highest BCUT2D eigenvalue weighted by atomic mass is 16.5. The van der Waals surface area contributed by atoms with Crippen molar-refractivity contribution >= 4 is 28.6 Å². The van der Waals surface area contributed by atoms with Gasteiger partial charge in [-0.25, -0.2) is 9.78 Å². The summed E-state index contributed by atoms with van der Waals surface area (Å²) in [6.07, 6.45) is 0. The number of ether oxygens (including phenoxy) is 1. The average molecular weight is 371 g/mol. The summed E-state index contributed by atoms with van der Waals surface area (Å²) in [7, 11) is 1.35. The molecule has 0 atom stereocenters. The molecule has 3 aromatic carbocycles. The number of nitrogens with zero attached hydrogens (tertiary/aromatic N) is 1. The minimum atomic E-state index is -0.384. The summed E-state index contributed by atoms with van der Waals surface area (Å²) in [5.74, 6) is 0.0870. The Morgan fingerprint density at radius 1 is 0.929 bits per heavy atom. The second-order valence-corrected chi connectivity index (χ2v) is 6.21. The van der Waals surface area contributed by atoms with E-state index in [2.05, 4.69) is 15.3 Å². The number of aromatic amines is 1. The molecule has 6 nitrogen and oxygen atoms in total. The Hall–Kier alpha value is -3.93. The van der Waals surface area contributed by atoms with Crippen LogP contribution in [0.15, 0.2) is 72.8 Å². The number of anilines is 1. The van der Waals surface area contributed by atoms with Crippen LogP contribution in [0.5, 0.6) is 0 Å². The zero-order chi connectivity index (χ0) is 19.5. The minimum Gasteiger partial charge on any atom is -0.465 e. The van der Waals surface area contributed by atoms with Gasteiger partial charge in [-0.05, 0) is 42.5 Å². The number of para-hydroxylation sites is 1. The molecule has 4 rings (SSSR count). The number of methoxy groups -OCH3 is 1. The van der Waals surface area contributed by atoms with Gasteiger partial charge in [-0.15, -0.1) is 0 Å². The SMILES string of the molecule is COC(=O)c1ccc(-c2nc3ccc(C(=O)Nc4ccccc4)cc3[nH]2)cc1. The first-order chi connectivity index (χ1) is 13.6. The van der Waals surface area contributed by atoms with Crippen molar-refractivity contribution in [3.05, 3.63) is 83.9 Å². The maximum absolute atomic E-state index is 12.5. The van der Waals surface area contributed by atoms with E-state index < -0.39 is 0 Å². The third-order valence-corrected chi connectivity index (χ3v) is 4.36. The second kappa shape index (κ2) is 7.36. The highest BCUT2D eigenvalue weighted by Crippen LogP contribution is 2.22. The van der Waals surface area contributed by atoms with Crippen LogP contribution in [-0.4, -0.2) is 29.0 Å². The third kappa shape index (κ3) is 3.48. The van der Waals surface area contributed by atoms with E-state index in [0.717, 1.165) is 22.3 Å². The van der Waals surface area contributed by atoms with Crippen LogP contribution in [-0.2, 0) is 4.74 Å². The molecule has 1 aromatic heterocycles. The first-order valence-electron chi connectivity index (χ1n) is 8.69. The average Bonchev–Trinajstić information content (AvgIpc) is 3.17. The number of carbonyl (C=O) groups is 2. The smallest absolute Gasteiger partial charge is 0.337 e. The molecule has 2 N–H and O–H groups in total. The second-order valence-electron chi connectivity index (χ2n) is 6.21. The molecule has 0 radical (unpaired) electrons. The summed E-state index contributed by atoms with van der Waals surface area (Å²) in [6, 6.07) is 21.6. The van der Waals surface area contributed by atoms with Gasteiger partial charge in [-0.2, -0.15) is 0 Å². The van der Waals surface area contributed by atoms with Crippen LogP contribution >= 0.6 is 0 Å². The molecule has 0 aliphatic carbocycles. The van der Waals surface area contributed by atoms with Crippen molar-refractivity contribution in [2.75, 3.05) is 12.4 Å². The van der Waals surface area contributed by atoms with Crippen LogP contribution in [0.3, 0.4) is 0 Å². The molecule has 0 bridgehead atoms. The number of nitrogens with one attached hydrogen (secondary N) is 2. The van der Waals surface area contributed by atoms with Gasteiger partial charge >= 0.3 is 5.97 Å². The van der Waals surface area contributed by atoms with Crippen LogP contribution < -0.4 is 5.32 Å². The van der Waals surface area contributed by atoms with Crippen molar-refractivity contribution in [3.63, 3.8) is 0 Å². The number of H-pyrrole nitrogens is 1. The van der Waals surface area contributed by atoms with E-state index in [1.54, 1.807) is 42.5 Å². The van der Waals surface area contributed by atoms with Gasteiger partial charge in [-0.1, -0.05) is 30.3 Å². The Labute approximate surface area is 161 Å². The molecule has 0 aliphatic rings. The van der Waals surface area contributed by atoms with Gasteiger partial charge in [0.15, 0.2) is 0 Å². The lowest BCUT2D eigenvalue weighted by molar-refractivity contribution is 0.0600. The van der Waals surface area contributed by atoms with Crippen molar-refractivity contribution in [2.24, 2.45) is 0 Å². The molecule has 0 saturated carbocycles. The molecule has 0 spiro atoms. The van der Waals surface area contributed by atoms with Gasteiger partial charge < -0.3 is 15.0 Å². The van der Waals surface area contributed by atoms with Crippen molar-refractivity contribution < 1.29 is 14.3 Å². The Bertz CT molecular complexity index is 1150. The normalized spacial score (nSPS) is 10.6. The minimum absolute atomic E-state index is 0.188. The maximum Gasteiger partial charge on any atom is 0.337 e. The van der Waals surface area contributed by atoms with Crippen LogP contribution in [0.1, 0.15) is 20.7 Å². The van der Waals surface area contributed by atoms with Crippen molar-refractivity contribution in [3.8, 4) is 11.4 Å². The summed E-state index contributed by atoms with van der Waals surface area (Å²) in [5.41, 5.74) is 4.09. The fraction of sp³-hybridized carbons (Fsp3) is 0.0455. The predicted octanol–water partition coefficient (Wildman–Crippen LogP) is 4.27. The molecular weight excluding hydrogens is 354 g/mol. The fourth-order valence-electron chi connectivity index (χ4n) is 2.89. The summed E-state index contributed by atoms with van der Waals surface area (Å²) >= 11 is 0. The van der Waals surface area contributed by atoms with Crippen molar-refractivity contribution in [2.45, 2.75) is 0 Å². The number of rotatable bonds is 4. The predicted molar refractivity (Wildman–Crippen MR) is 107 cm³/mol. The van der Waals surface area contributed by atoms with Gasteiger partial charge in [0.25, 0.3) is 5.91 Å². The molecule has 4 aromatic rings. The van der Waals surface area contributed by atoms with Gasteiger partial charge in [0.05, 0.1) is 23.7 Å². The molecular formula is C22H17N3O3. The largest absolute Gasteiger partial charge is 0.465 e. The maximum atomic E-state index is 12.5. The Morgan fingerprint density at radius 3 is 2.36 bits per heavy atom. The van der Waals surface area contributed by atoms with E-state index in [-0.39, 0.29) is 11.9 Å². The molecule has 0 saturated heterocycles. The van der Waals surface area contributed by atoms with Crippen LogP contribution in [0.4, 0.5) is 5.69 Å². The molecule has 28 heavy (non-hydrogen) atoms. The standard InChI is InChI=1S/C22H17N3O3/c1-28-22(27)15-9-7-14(8-10-15)20-24-18-12-11-16(13-19(18)25-20)21(26)23-17-5-3-2-4-6-17/h2-13H,1H3,(H,23,26)(H,24,25). The number of imidazole rings is 1. The highest BCUT2D eigenvalue weighted by Gasteiger charge is 2.11. The number of benzene rings is 3. The monoisotopic (exact) mass is 371 g/mol. The highest BCUT2D eigenvalue weighted by molar-refractivity contribution is 6.06. The zero-order valence-electron chi connectivity index (χ0n) is 15.1. The number of hydrogen-bond donors (Lipinski definition) is 2. The van der Waals surface area contributed by atoms with E-state index >= 15 is 0 Å². The lowest BCUT2D eigenvalue weighted by Gasteiger charge is -2.04. The van der Waals surface area contributed by atoms with E-state index in [1.807, 2.05) is 30.3 Å². The van der Waals surface area contributed by atoms with Crippen molar-refractivity contribution in [1.82, 2.24) is 9.97 Å². The van der Waals surface area contributed by atoms with Crippen LogP contribution in [0.25, 0.3) is 22.4 Å². The number of fused-ring (bicyclic) bond motifs is 1. The molecule has 1 amide bonds. The first kappa shape index (κ1) is 17.5. The van der Waals surface area contributed by atoms with Crippen LogP contribution in [0, 0.1) is 0 Å². The van der Waals surface area contributed by atoms with Gasteiger partial charge in [-0.3, -0.25) is 4.79 Å². The third-order valence-electron chi connectivity index (χ3n) is 4.36. The van der Waals surface area contributed by atoms with E-state index in [9.17, 15) is 9.59 Å². The Kier molecular flexibility index (Phi) is 4.60. The number of amides is 1. The zero-order valence-corrected chi connectivity index (χ0v) is 15.1. The molecule has 0 aliphatic heterocycles. The quantitative estimate of drug-likeness (QED) is 0.525. The summed E-state index contributed by atoms with van der Waals surface area (Å²) in [4.78, 5) is 31.8. The molecule has 0 fully saturated rings. The van der Waals surface area contributed by atoms with E-state index in [1.165, 1.54) is 7.11 Å². The lowest BCUT2D eigenvalue weighted by Crippen LogP contribution is -2.11. The summed E-state index contributed by atoms with van der Waals surface area (Å²) in [5, 5.41) is 2.87. The van der Waals surface area contributed by atoms with Gasteiger partial charge in [0.1, 0.15) is 5.82 Å². The number of hydrogen-bond acceptors (Lipinski definition) is 4. The molecule has 138 valence electrons. The Balaban J connectivity index is 1.59. The van der Waals surface area contributed by atoms with E-state index in [4.69, 9.17) is 4.74 Å². The molecule has 6 heteroatoms. The molecule has 1 heterocycles. The van der Waals surface area contributed by atoms with Gasteiger partial charge in [0, 0.05) is 16.8 Å². The topological polar surface area (TPSA) is 84.1 Å². The number of aromatic nitrogens is 2. The molecule has 0 unspecified atom stereocenters.